The molecule has 4 nitrogen and oxygen atoms in total. The summed E-state index contributed by atoms with van der Waals surface area (Å²) in [6.07, 6.45) is -4.22. The summed E-state index contributed by atoms with van der Waals surface area (Å²) in [4.78, 5) is 22.4. The number of pyridine rings is 1. The minimum atomic E-state index is -4.53. The number of hydrogen-bond donors (Lipinski definition) is 1. The average Bonchev–Trinajstić information content (AvgIpc) is 2.28. The Hall–Kier alpha value is -1.79. The van der Waals surface area contributed by atoms with Gasteiger partial charge in [0.15, 0.2) is 0 Å². The van der Waals surface area contributed by atoms with Crippen LogP contribution in [0.2, 0.25) is 0 Å². The molecule has 0 bridgehead atoms. The fraction of sp³-hybridized carbons (Fsp3) is 0.500. The van der Waals surface area contributed by atoms with Gasteiger partial charge in [0.05, 0.1) is 5.56 Å². The van der Waals surface area contributed by atoms with Gasteiger partial charge in [-0.3, -0.25) is 9.59 Å². The van der Waals surface area contributed by atoms with Crippen LogP contribution in [0, 0.1) is 0 Å². The summed E-state index contributed by atoms with van der Waals surface area (Å²) in [5.74, 6) is -0.252. The summed E-state index contributed by atoms with van der Waals surface area (Å²) in [5.41, 5.74) is -1.35. The van der Waals surface area contributed by atoms with Crippen molar-refractivity contribution in [2.75, 3.05) is 6.54 Å². The van der Waals surface area contributed by atoms with E-state index in [9.17, 15) is 22.8 Å². The Morgan fingerprint density at radius 2 is 2.00 bits per heavy atom. The molecular weight excluding hydrogens is 261 g/mol. The number of halogens is 3. The van der Waals surface area contributed by atoms with Gasteiger partial charge in [-0.05, 0) is 12.5 Å². The van der Waals surface area contributed by atoms with Crippen molar-refractivity contribution >= 4 is 5.91 Å². The molecule has 0 saturated carbocycles. The lowest BCUT2D eigenvalue weighted by molar-refractivity contribution is -0.137. The van der Waals surface area contributed by atoms with E-state index in [0.717, 1.165) is 6.07 Å². The lowest BCUT2D eigenvalue weighted by atomic mass is 10.2. The Labute approximate surface area is 108 Å². The van der Waals surface area contributed by atoms with Crippen molar-refractivity contribution in [3.05, 3.63) is 33.7 Å². The average molecular weight is 276 g/mol. The summed E-state index contributed by atoms with van der Waals surface area (Å²) in [6.45, 7) is 3.35. The van der Waals surface area contributed by atoms with Crippen LogP contribution in [0.4, 0.5) is 13.2 Å². The Bertz CT molecular complexity index is 521. The number of hydrogen-bond acceptors (Lipinski definition) is 2. The van der Waals surface area contributed by atoms with Crippen molar-refractivity contribution in [1.82, 2.24) is 9.88 Å². The maximum atomic E-state index is 12.6. The number of alkyl halides is 3. The zero-order valence-electron chi connectivity index (χ0n) is 10.7. The van der Waals surface area contributed by atoms with Gasteiger partial charge in [-0.15, -0.1) is 0 Å². The van der Waals surface area contributed by atoms with Crippen LogP contribution < -0.4 is 10.9 Å². The lowest BCUT2D eigenvalue weighted by Crippen LogP contribution is -2.31. The van der Waals surface area contributed by atoms with E-state index in [1.54, 1.807) is 6.92 Å². The smallest absolute Gasteiger partial charge is 0.355 e. The van der Waals surface area contributed by atoms with Crippen LogP contribution in [0.3, 0.4) is 0 Å². The van der Waals surface area contributed by atoms with Crippen molar-refractivity contribution in [1.29, 1.82) is 0 Å². The number of amides is 1. The van der Waals surface area contributed by atoms with E-state index in [-0.39, 0.29) is 19.0 Å². The molecule has 0 radical (unpaired) electrons. The third-order valence-electron chi connectivity index (χ3n) is 2.61. The van der Waals surface area contributed by atoms with Gasteiger partial charge in [0.1, 0.15) is 0 Å². The fourth-order valence-corrected chi connectivity index (χ4v) is 1.71. The molecule has 0 unspecified atom stereocenters. The Morgan fingerprint density at radius 3 is 2.47 bits per heavy atom. The van der Waals surface area contributed by atoms with Crippen LogP contribution in [0.25, 0.3) is 0 Å². The second-order valence-electron chi connectivity index (χ2n) is 4.06. The molecule has 0 aliphatic heterocycles. The summed E-state index contributed by atoms with van der Waals surface area (Å²) in [5, 5.41) is 2.50. The normalized spacial score (nSPS) is 11.4. The van der Waals surface area contributed by atoms with E-state index in [0.29, 0.717) is 18.2 Å². The second-order valence-corrected chi connectivity index (χ2v) is 4.06. The molecule has 0 atom stereocenters. The molecule has 19 heavy (non-hydrogen) atoms. The quantitative estimate of drug-likeness (QED) is 0.907. The summed E-state index contributed by atoms with van der Waals surface area (Å²) in [6, 6.07) is 1.54. The molecule has 1 aromatic heterocycles. The molecule has 1 amide bonds. The number of carbonyl (C=O) groups excluding carboxylic acids is 1. The predicted octanol–water partition coefficient (Wildman–Crippen LogP) is 1.57. The highest BCUT2D eigenvalue weighted by Gasteiger charge is 2.31. The maximum absolute atomic E-state index is 12.6. The summed E-state index contributed by atoms with van der Waals surface area (Å²) in [7, 11) is 0. The van der Waals surface area contributed by atoms with Gasteiger partial charge in [-0.1, -0.05) is 6.92 Å². The molecule has 0 spiro atoms. The highest BCUT2D eigenvalue weighted by Crippen LogP contribution is 2.28. The fourth-order valence-electron chi connectivity index (χ4n) is 1.71. The third kappa shape index (κ3) is 4.11. The van der Waals surface area contributed by atoms with E-state index in [4.69, 9.17) is 0 Å². The number of carbonyl (C=O) groups is 1. The van der Waals surface area contributed by atoms with Crippen LogP contribution in [0.15, 0.2) is 16.9 Å². The zero-order valence-corrected chi connectivity index (χ0v) is 10.7. The Kier molecular flexibility index (Phi) is 4.74. The van der Waals surface area contributed by atoms with Crippen molar-refractivity contribution in [3.63, 3.8) is 0 Å². The molecule has 0 fully saturated rings. The Morgan fingerprint density at radius 1 is 1.37 bits per heavy atom. The standard InChI is InChI=1S/C12H15F3N2O2/c1-3-10-6-9(12(13,14)15)7-11(19)17(10)5-4-16-8(2)18/h6-7H,3-5H2,1-2H3,(H,16,18). The van der Waals surface area contributed by atoms with E-state index in [2.05, 4.69) is 5.32 Å². The van der Waals surface area contributed by atoms with Gasteiger partial charge in [-0.2, -0.15) is 13.2 Å². The second kappa shape index (κ2) is 5.90. The maximum Gasteiger partial charge on any atom is 0.416 e. The molecule has 1 N–H and O–H groups in total. The van der Waals surface area contributed by atoms with Gasteiger partial charge < -0.3 is 9.88 Å². The van der Waals surface area contributed by atoms with Gasteiger partial charge in [0.25, 0.3) is 5.56 Å². The first kappa shape index (κ1) is 15.3. The highest BCUT2D eigenvalue weighted by molar-refractivity contribution is 5.72. The van der Waals surface area contributed by atoms with Gasteiger partial charge in [0, 0.05) is 31.8 Å². The summed E-state index contributed by atoms with van der Waals surface area (Å²) < 4.78 is 38.9. The molecular formula is C12H15F3N2O2. The zero-order chi connectivity index (χ0) is 14.6. The molecule has 1 rings (SSSR count). The first-order valence-electron chi connectivity index (χ1n) is 5.81. The number of nitrogens with one attached hydrogen (secondary N) is 1. The van der Waals surface area contributed by atoms with Crippen molar-refractivity contribution in [2.24, 2.45) is 0 Å². The third-order valence-corrected chi connectivity index (χ3v) is 2.61. The number of rotatable bonds is 4. The van der Waals surface area contributed by atoms with Crippen LogP contribution in [-0.4, -0.2) is 17.0 Å². The van der Waals surface area contributed by atoms with E-state index in [1.165, 1.54) is 11.5 Å². The van der Waals surface area contributed by atoms with Gasteiger partial charge >= 0.3 is 6.18 Å². The number of aromatic nitrogens is 1. The molecule has 7 heteroatoms. The number of aryl methyl sites for hydroxylation is 1. The molecule has 1 heterocycles. The topological polar surface area (TPSA) is 51.1 Å². The predicted molar refractivity (Wildman–Crippen MR) is 63.8 cm³/mol. The molecule has 0 aliphatic rings. The van der Waals surface area contributed by atoms with Crippen molar-refractivity contribution < 1.29 is 18.0 Å². The highest BCUT2D eigenvalue weighted by atomic mass is 19.4. The van der Waals surface area contributed by atoms with E-state index >= 15 is 0 Å². The largest absolute Gasteiger partial charge is 0.416 e. The van der Waals surface area contributed by atoms with Crippen LogP contribution >= 0.6 is 0 Å². The van der Waals surface area contributed by atoms with Crippen molar-refractivity contribution in [3.8, 4) is 0 Å². The first-order chi connectivity index (χ1) is 8.75. The van der Waals surface area contributed by atoms with Crippen LogP contribution in [0.1, 0.15) is 25.1 Å². The lowest BCUT2D eigenvalue weighted by Gasteiger charge is -2.14. The van der Waals surface area contributed by atoms with Gasteiger partial charge in [0.2, 0.25) is 5.91 Å². The minimum absolute atomic E-state index is 0.153. The molecule has 106 valence electrons. The first-order valence-corrected chi connectivity index (χ1v) is 5.81. The van der Waals surface area contributed by atoms with E-state index < -0.39 is 17.3 Å². The van der Waals surface area contributed by atoms with Gasteiger partial charge in [-0.25, -0.2) is 0 Å². The molecule has 0 aromatic carbocycles. The monoisotopic (exact) mass is 276 g/mol. The molecule has 1 aromatic rings. The Balaban J connectivity index is 3.05. The minimum Gasteiger partial charge on any atom is -0.355 e. The SMILES string of the molecule is CCc1cc(C(F)(F)F)cc(=O)n1CCNC(C)=O. The van der Waals surface area contributed by atoms with Crippen LogP contribution in [-0.2, 0) is 23.9 Å². The molecule has 0 saturated heterocycles. The van der Waals surface area contributed by atoms with Crippen molar-refractivity contribution in [2.45, 2.75) is 33.0 Å². The number of nitrogens with zero attached hydrogens (tertiary/aromatic N) is 1. The summed E-state index contributed by atoms with van der Waals surface area (Å²) >= 11 is 0. The van der Waals surface area contributed by atoms with Crippen LogP contribution in [0.5, 0.6) is 0 Å². The van der Waals surface area contributed by atoms with E-state index in [1.807, 2.05) is 0 Å². The molecule has 0 aliphatic carbocycles.